The molecule has 9 heteroatoms. The maximum Gasteiger partial charge on any atom is 0.338 e. The van der Waals surface area contributed by atoms with E-state index in [0.29, 0.717) is 36.2 Å². The van der Waals surface area contributed by atoms with Gasteiger partial charge in [-0.1, -0.05) is 135 Å². The van der Waals surface area contributed by atoms with Gasteiger partial charge in [0.1, 0.15) is 31.0 Å². The minimum Gasteiger partial charge on any atom is -0.463 e. The van der Waals surface area contributed by atoms with E-state index in [1.54, 1.807) is 6.92 Å². The fraction of sp³-hybridized carbons (Fsp3) is 0.544. The molecule has 0 bridgehead atoms. The standard InChI is InChI=1S/C57H70O9/c1-38(64-39(2)58)47-27-28-48-46-26-25-44-33-45(29-31-56(44,3)49(46)30-32-57(47,48)4)65-55-53(62-36-42-21-13-7-14-22-42)51(61-35-41-19-11-6-12-20-41)50(60-34-40-17-9-5-10-18-40)52(66-55)54(59)63-37-43-23-15-8-16-24-43/h5-24,38,44-53,55H,25-37H2,1-4H3/t38-,44+,45+,46-,47+,48-,49-,50-,51-,52-,53+,55+,56-,57+/m0/s1. The Morgan fingerprint density at radius 1 is 0.606 bits per heavy atom. The number of carbonyl (C=O) groups excluding carboxylic acids is 2. The lowest BCUT2D eigenvalue weighted by Gasteiger charge is -2.61. The molecule has 0 spiro atoms. The normalized spacial score (nSPS) is 34.3. The van der Waals surface area contributed by atoms with E-state index in [0.717, 1.165) is 47.9 Å². The van der Waals surface area contributed by atoms with E-state index in [1.807, 2.05) is 121 Å². The SMILES string of the molecule is CC(=O)O[C@@H](C)[C@H]1CC[C@H]2[C@@H]3CC[C@@H]4C[C@H](O[C@@H]5O[C@H](C(=O)OCc6ccccc6)[C@@H](OCc6ccccc6)[C@H](OCc6ccccc6)[C@H]5OCc5ccccc5)CC[C@]4(C)[C@H]3CC[C@]12C. The number of esters is 2. The van der Waals surface area contributed by atoms with E-state index in [4.69, 9.17) is 33.2 Å². The second-order valence-electron chi connectivity index (χ2n) is 20.5. The molecule has 0 amide bonds. The first-order valence-electron chi connectivity index (χ1n) is 24.7. The highest BCUT2D eigenvalue weighted by Crippen LogP contribution is 2.68. The number of carbonyl (C=O) groups is 2. The van der Waals surface area contributed by atoms with Crippen molar-refractivity contribution in [1.29, 1.82) is 0 Å². The molecular weight excluding hydrogens is 829 g/mol. The first-order valence-corrected chi connectivity index (χ1v) is 24.7. The van der Waals surface area contributed by atoms with Gasteiger partial charge in [0, 0.05) is 12.8 Å². The van der Waals surface area contributed by atoms with Gasteiger partial charge in [-0.05, 0) is 121 Å². The van der Waals surface area contributed by atoms with Crippen molar-refractivity contribution in [3.8, 4) is 0 Å². The van der Waals surface area contributed by atoms with Crippen molar-refractivity contribution >= 4 is 11.9 Å². The average molecular weight is 899 g/mol. The molecule has 4 aromatic rings. The monoisotopic (exact) mass is 899 g/mol. The molecule has 4 aromatic carbocycles. The second-order valence-corrected chi connectivity index (χ2v) is 20.5. The van der Waals surface area contributed by atoms with Crippen LogP contribution in [0.1, 0.15) is 108 Å². The number of hydrogen-bond acceptors (Lipinski definition) is 9. The predicted octanol–water partition coefficient (Wildman–Crippen LogP) is 11.2. The zero-order valence-corrected chi connectivity index (χ0v) is 39.3. The van der Waals surface area contributed by atoms with Crippen LogP contribution in [0.15, 0.2) is 121 Å². The van der Waals surface area contributed by atoms with Gasteiger partial charge in [0.2, 0.25) is 0 Å². The van der Waals surface area contributed by atoms with Crippen molar-refractivity contribution in [2.75, 3.05) is 0 Å². The van der Waals surface area contributed by atoms with Gasteiger partial charge < -0.3 is 33.2 Å². The Morgan fingerprint density at radius 3 is 1.70 bits per heavy atom. The van der Waals surface area contributed by atoms with Gasteiger partial charge in [-0.25, -0.2) is 4.79 Å². The first kappa shape index (κ1) is 46.7. The van der Waals surface area contributed by atoms with Crippen molar-refractivity contribution < 1.29 is 42.7 Å². The smallest absolute Gasteiger partial charge is 0.338 e. The largest absolute Gasteiger partial charge is 0.463 e. The van der Waals surface area contributed by atoms with Crippen molar-refractivity contribution in [2.45, 2.75) is 155 Å². The molecule has 9 nitrogen and oxygen atoms in total. The number of rotatable bonds is 16. The van der Waals surface area contributed by atoms with E-state index >= 15 is 0 Å². The van der Waals surface area contributed by atoms with Crippen LogP contribution in [0, 0.1) is 40.4 Å². The summed E-state index contributed by atoms with van der Waals surface area (Å²) in [6.07, 6.45) is 5.43. The van der Waals surface area contributed by atoms with E-state index in [9.17, 15) is 9.59 Å². The molecule has 5 fully saturated rings. The van der Waals surface area contributed by atoms with Gasteiger partial charge in [-0.2, -0.15) is 0 Å². The van der Waals surface area contributed by atoms with Crippen LogP contribution in [0.2, 0.25) is 0 Å². The summed E-state index contributed by atoms with van der Waals surface area (Å²) in [7, 11) is 0. The maximum atomic E-state index is 14.5. The van der Waals surface area contributed by atoms with Crippen LogP contribution >= 0.6 is 0 Å². The van der Waals surface area contributed by atoms with Gasteiger partial charge in [-0.15, -0.1) is 0 Å². The van der Waals surface area contributed by atoms with Crippen LogP contribution in [-0.2, 0) is 69.2 Å². The topological polar surface area (TPSA) is 98.8 Å². The molecule has 1 aliphatic heterocycles. The number of ether oxygens (including phenoxy) is 7. The Bertz CT molecular complexity index is 2170. The Labute approximate surface area is 392 Å². The van der Waals surface area contributed by atoms with E-state index in [1.165, 1.54) is 32.1 Å². The summed E-state index contributed by atoms with van der Waals surface area (Å²) in [4.78, 5) is 26.5. The van der Waals surface area contributed by atoms with E-state index in [-0.39, 0.29) is 48.8 Å². The Hall–Kier alpha value is -4.38. The third-order valence-electron chi connectivity index (χ3n) is 16.7. The lowest BCUT2D eigenvalue weighted by atomic mass is 9.44. The van der Waals surface area contributed by atoms with Crippen LogP contribution in [0.25, 0.3) is 0 Å². The van der Waals surface area contributed by atoms with E-state index < -0.39 is 36.7 Å². The summed E-state index contributed by atoms with van der Waals surface area (Å²) in [5.41, 5.74) is 4.25. The molecule has 1 heterocycles. The maximum absolute atomic E-state index is 14.5. The first-order chi connectivity index (χ1) is 32.1. The Morgan fingerprint density at radius 2 is 1.12 bits per heavy atom. The summed E-state index contributed by atoms with van der Waals surface area (Å²) in [5, 5.41) is 0. The molecule has 4 saturated carbocycles. The van der Waals surface area contributed by atoms with E-state index in [2.05, 4.69) is 20.8 Å². The summed E-state index contributed by atoms with van der Waals surface area (Å²) < 4.78 is 46.7. The lowest BCUT2D eigenvalue weighted by molar-refractivity contribution is -0.332. The number of fused-ring (bicyclic) bond motifs is 5. The Balaban J connectivity index is 0.981. The molecule has 9 rings (SSSR count). The van der Waals surface area contributed by atoms with Crippen LogP contribution < -0.4 is 0 Å². The molecule has 0 radical (unpaired) electrons. The molecule has 66 heavy (non-hydrogen) atoms. The summed E-state index contributed by atoms with van der Waals surface area (Å²) in [6, 6.07) is 39.8. The number of benzene rings is 4. The van der Waals surface area contributed by atoms with Gasteiger partial charge in [-0.3, -0.25) is 4.79 Å². The predicted molar refractivity (Wildman–Crippen MR) is 251 cm³/mol. The van der Waals surface area contributed by atoms with Crippen molar-refractivity contribution in [3.63, 3.8) is 0 Å². The zero-order chi connectivity index (χ0) is 45.7. The average Bonchev–Trinajstić information content (AvgIpc) is 3.70. The van der Waals surface area contributed by atoms with Gasteiger partial charge in [0.25, 0.3) is 0 Å². The van der Waals surface area contributed by atoms with Crippen molar-refractivity contribution in [3.05, 3.63) is 144 Å². The molecule has 5 aliphatic rings. The molecule has 4 aliphatic carbocycles. The highest BCUT2D eigenvalue weighted by molar-refractivity contribution is 5.76. The Kier molecular flexibility index (Phi) is 14.8. The zero-order valence-electron chi connectivity index (χ0n) is 39.3. The molecule has 1 saturated heterocycles. The third-order valence-corrected chi connectivity index (χ3v) is 16.7. The quantitative estimate of drug-likeness (QED) is 0.0804. The summed E-state index contributed by atoms with van der Waals surface area (Å²) in [5.74, 6) is 2.22. The fourth-order valence-corrected chi connectivity index (χ4v) is 13.5. The summed E-state index contributed by atoms with van der Waals surface area (Å²) in [6.45, 7) is 9.63. The van der Waals surface area contributed by atoms with Gasteiger partial charge in [0.15, 0.2) is 12.4 Å². The van der Waals surface area contributed by atoms with Gasteiger partial charge in [0.05, 0.1) is 25.9 Å². The minimum absolute atomic E-state index is 0.0459. The van der Waals surface area contributed by atoms with Gasteiger partial charge >= 0.3 is 11.9 Å². The van der Waals surface area contributed by atoms with Crippen LogP contribution in [0.3, 0.4) is 0 Å². The highest BCUT2D eigenvalue weighted by Gasteiger charge is 2.62. The second kappa shape index (κ2) is 20.9. The van der Waals surface area contributed by atoms with Crippen molar-refractivity contribution in [1.82, 2.24) is 0 Å². The van der Waals surface area contributed by atoms with Crippen LogP contribution in [0.5, 0.6) is 0 Å². The minimum atomic E-state index is -1.15. The molecule has 0 aromatic heterocycles. The molecule has 0 unspecified atom stereocenters. The van der Waals surface area contributed by atoms with Crippen LogP contribution in [0.4, 0.5) is 0 Å². The molecule has 0 N–H and O–H groups in total. The molecule has 352 valence electrons. The highest BCUT2D eigenvalue weighted by atomic mass is 16.7. The van der Waals surface area contributed by atoms with Crippen molar-refractivity contribution in [2.24, 2.45) is 40.4 Å². The number of hydrogen-bond donors (Lipinski definition) is 0. The molecular formula is C57H70O9. The summed E-state index contributed by atoms with van der Waals surface area (Å²) >= 11 is 0. The fourth-order valence-electron chi connectivity index (χ4n) is 13.5. The molecule has 14 atom stereocenters. The third kappa shape index (κ3) is 10.2. The van der Waals surface area contributed by atoms with Crippen LogP contribution in [-0.4, -0.2) is 54.9 Å². The lowest BCUT2D eigenvalue weighted by Crippen LogP contribution is -2.63.